The number of hydrogen-bond donors (Lipinski definition) is 0. The highest BCUT2D eigenvalue weighted by Crippen LogP contribution is 2.56. The number of carbonyl (C=O) groups excluding carboxylic acids is 1. The van der Waals surface area contributed by atoms with E-state index in [0.717, 1.165) is 56.9 Å². The van der Waals surface area contributed by atoms with Crippen LogP contribution in [0.2, 0.25) is 36.3 Å². The van der Waals surface area contributed by atoms with E-state index in [-0.39, 0.29) is 52.3 Å². The van der Waals surface area contributed by atoms with Crippen LogP contribution < -0.4 is 0 Å². The fourth-order valence-electron chi connectivity index (χ4n) is 8.11. The Labute approximate surface area is 310 Å². The SMILES string of the molecule is C=C1C(=CC=C2CCC[C@]3(C)C([C@H](C)OCC(=O)OC(CC)(CC)C(C)C)=CC[C@@H]23)C[C@@H](O[Si](C)(C)C(C)(C)C)C[C@@H]1O[Si](C)(C)C(C)(C)C. The van der Waals surface area contributed by atoms with Crippen molar-refractivity contribution in [2.24, 2.45) is 17.3 Å². The van der Waals surface area contributed by atoms with Crippen LogP contribution in [-0.2, 0) is 23.1 Å². The summed E-state index contributed by atoms with van der Waals surface area (Å²) in [6.45, 7) is 41.0. The van der Waals surface area contributed by atoms with Gasteiger partial charge in [0.05, 0.1) is 18.3 Å². The van der Waals surface area contributed by atoms with Gasteiger partial charge in [0.2, 0.25) is 0 Å². The smallest absolute Gasteiger partial charge is 0.332 e. The maximum Gasteiger partial charge on any atom is 0.332 e. The molecule has 2 fully saturated rings. The number of rotatable bonds is 13. The van der Waals surface area contributed by atoms with Gasteiger partial charge in [-0.1, -0.05) is 107 Å². The van der Waals surface area contributed by atoms with Crippen LogP contribution in [0.5, 0.6) is 0 Å². The molecule has 0 radical (unpaired) electrons. The summed E-state index contributed by atoms with van der Waals surface area (Å²) in [5.41, 5.74) is 4.85. The molecule has 0 N–H and O–H groups in total. The fraction of sp³-hybridized carbons (Fsp3) is 0.791. The lowest BCUT2D eigenvalue weighted by molar-refractivity contribution is -0.172. The summed E-state index contributed by atoms with van der Waals surface area (Å²) in [5.74, 6) is 0.436. The zero-order valence-electron chi connectivity index (χ0n) is 35.2. The van der Waals surface area contributed by atoms with Gasteiger partial charge in [-0.3, -0.25) is 0 Å². The molecule has 5 atom stereocenters. The third-order valence-corrected chi connectivity index (χ3v) is 22.8. The molecule has 3 rings (SSSR count). The molecule has 0 bridgehead atoms. The molecule has 0 aromatic heterocycles. The molecular formula is C43H76O5Si2. The molecule has 3 aliphatic rings. The third kappa shape index (κ3) is 9.45. The zero-order chi connectivity index (χ0) is 38.1. The number of ether oxygens (including phenoxy) is 2. The van der Waals surface area contributed by atoms with Crippen molar-refractivity contribution in [3.63, 3.8) is 0 Å². The van der Waals surface area contributed by atoms with E-state index >= 15 is 0 Å². The lowest BCUT2D eigenvalue weighted by atomic mass is 9.63. The highest BCUT2D eigenvalue weighted by atomic mass is 28.4. The monoisotopic (exact) mass is 729 g/mol. The molecule has 2 saturated carbocycles. The second kappa shape index (κ2) is 16.0. The molecule has 50 heavy (non-hydrogen) atoms. The van der Waals surface area contributed by atoms with Crippen molar-refractivity contribution < 1.29 is 23.1 Å². The van der Waals surface area contributed by atoms with E-state index in [2.05, 4.69) is 134 Å². The van der Waals surface area contributed by atoms with Crippen LogP contribution in [-0.4, -0.2) is 53.1 Å². The second-order valence-corrected chi connectivity index (χ2v) is 28.9. The number of carbonyl (C=O) groups is 1. The van der Waals surface area contributed by atoms with Crippen LogP contribution in [0.3, 0.4) is 0 Å². The van der Waals surface area contributed by atoms with Crippen LogP contribution in [0.25, 0.3) is 0 Å². The Kier molecular flexibility index (Phi) is 13.8. The average molecular weight is 729 g/mol. The minimum atomic E-state index is -2.02. The van der Waals surface area contributed by atoms with Crippen LogP contribution in [0, 0.1) is 17.3 Å². The van der Waals surface area contributed by atoms with Crippen molar-refractivity contribution in [1.82, 2.24) is 0 Å². The largest absolute Gasteiger partial charge is 0.457 e. The van der Waals surface area contributed by atoms with Crippen LogP contribution >= 0.6 is 0 Å². The van der Waals surface area contributed by atoms with E-state index in [0.29, 0.717) is 5.92 Å². The molecule has 0 aromatic rings. The normalized spacial score (nSPS) is 27.9. The summed E-state index contributed by atoms with van der Waals surface area (Å²) in [6, 6.07) is 0. The summed E-state index contributed by atoms with van der Waals surface area (Å²) >= 11 is 0. The Morgan fingerprint density at radius 2 is 1.56 bits per heavy atom. The van der Waals surface area contributed by atoms with Gasteiger partial charge in [-0.15, -0.1) is 0 Å². The molecule has 0 unspecified atom stereocenters. The Morgan fingerprint density at radius 3 is 2.10 bits per heavy atom. The van der Waals surface area contributed by atoms with Gasteiger partial charge in [0.1, 0.15) is 12.2 Å². The summed E-state index contributed by atoms with van der Waals surface area (Å²) in [4.78, 5) is 13.0. The maximum absolute atomic E-state index is 13.0. The van der Waals surface area contributed by atoms with E-state index in [9.17, 15) is 4.79 Å². The predicted octanol–water partition coefficient (Wildman–Crippen LogP) is 12.3. The molecule has 0 heterocycles. The standard InChI is InChI=1S/C43H76O5Si2/c1-18-43(19-2,30(3)4)46-39(44)29-45-32(6)36-24-25-37-33(21-20-26-42(36,37)13)22-23-34-27-35(47-49(14,15)40(7,8)9)28-38(31(34)5)48-50(16,17)41(10,11)12/h22-24,30,32,35,37-38H,5,18-21,25-29H2,1-4,6-17H3/t32-,35+,37-,38-,42+/m0/s1. The Bertz CT molecular complexity index is 1300. The first-order valence-corrected chi connectivity index (χ1v) is 25.6. The Morgan fingerprint density at radius 1 is 0.980 bits per heavy atom. The highest BCUT2D eigenvalue weighted by Gasteiger charge is 2.47. The third-order valence-electron chi connectivity index (χ3n) is 13.8. The average Bonchev–Trinajstić information content (AvgIpc) is 3.35. The van der Waals surface area contributed by atoms with Gasteiger partial charge in [-0.25, -0.2) is 4.79 Å². The summed E-state index contributed by atoms with van der Waals surface area (Å²) in [5, 5.41) is 0.268. The Balaban J connectivity index is 1.82. The van der Waals surface area contributed by atoms with Gasteiger partial charge in [0.15, 0.2) is 16.6 Å². The van der Waals surface area contributed by atoms with Gasteiger partial charge >= 0.3 is 5.97 Å². The lowest BCUT2D eigenvalue weighted by Gasteiger charge is -2.45. The first-order chi connectivity index (χ1) is 22.8. The van der Waals surface area contributed by atoms with E-state index in [1.807, 2.05) is 0 Å². The first-order valence-electron chi connectivity index (χ1n) is 19.8. The van der Waals surface area contributed by atoms with E-state index in [4.69, 9.17) is 18.3 Å². The second-order valence-electron chi connectivity index (χ2n) is 19.3. The molecule has 0 spiro atoms. The van der Waals surface area contributed by atoms with Gasteiger partial charge < -0.3 is 18.3 Å². The molecule has 7 heteroatoms. The lowest BCUT2D eigenvalue weighted by Crippen LogP contribution is -2.49. The molecule has 0 aliphatic heterocycles. The van der Waals surface area contributed by atoms with Crippen LogP contribution in [0.4, 0.5) is 0 Å². The van der Waals surface area contributed by atoms with Crippen molar-refractivity contribution >= 4 is 22.6 Å². The van der Waals surface area contributed by atoms with Gasteiger partial charge in [-0.2, -0.15) is 0 Å². The minimum Gasteiger partial charge on any atom is -0.457 e. The van der Waals surface area contributed by atoms with Crippen LogP contribution in [0.15, 0.2) is 47.1 Å². The fourth-order valence-corrected chi connectivity index (χ4v) is 10.8. The highest BCUT2D eigenvalue weighted by molar-refractivity contribution is 6.74. The first kappa shape index (κ1) is 43.2. The number of fused-ring (bicyclic) bond motifs is 1. The molecule has 0 aromatic carbocycles. The summed E-state index contributed by atoms with van der Waals surface area (Å²) in [7, 11) is -3.99. The van der Waals surface area contributed by atoms with Crippen molar-refractivity contribution in [2.45, 2.75) is 195 Å². The van der Waals surface area contributed by atoms with Crippen molar-refractivity contribution in [3.05, 3.63) is 47.1 Å². The Hall–Kier alpha value is -1.26. The molecule has 5 nitrogen and oxygen atoms in total. The van der Waals surface area contributed by atoms with Crippen LogP contribution in [0.1, 0.15) is 134 Å². The number of allylic oxidation sites excluding steroid dienone is 4. The molecule has 0 amide bonds. The molecule has 0 saturated heterocycles. The number of esters is 1. The number of hydrogen-bond acceptors (Lipinski definition) is 5. The van der Waals surface area contributed by atoms with E-state index in [1.54, 1.807) is 0 Å². The van der Waals surface area contributed by atoms with Crippen molar-refractivity contribution in [1.29, 1.82) is 0 Å². The van der Waals surface area contributed by atoms with Crippen molar-refractivity contribution in [2.75, 3.05) is 6.61 Å². The minimum absolute atomic E-state index is 0.0130. The molecule has 286 valence electrons. The van der Waals surface area contributed by atoms with Gasteiger partial charge in [0, 0.05) is 6.42 Å². The predicted molar refractivity (Wildman–Crippen MR) is 216 cm³/mol. The van der Waals surface area contributed by atoms with Gasteiger partial charge in [0.25, 0.3) is 0 Å². The topological polar surface area (TPSA) is 54.0 Å². The molecule has 3 aliphatic carbocycles. The van der Waals surface area contributed by atoms with Crippen molar-refractivity contribution in [3.8, 4) is 0 Å². The summed E-state index contributed by atoms with van der Waals surface area (Å²) < 4.78 is 26.5. The summed E-state index contributed by atoms with van der Waals surface area (Å²) in [6.07, 6.45) is 14.9. The quantitative estimate of drug-likeness (QED) is 0.107. The maximum atomic E-state index is 13.0. The van der Waals surface area contributed by atoms with E-state index < -0.39 is 22.2 Å². The van der Waals surface area contributed by atoms with Gasteiger partial charge in [-0.05, 0) is 122 Å². The zero-order valence-corrected chi connectivity index (χ0v) is 37.2. The molecular weight excluding hydrogens is 653 g/mol. The van der Waals surface area contributed by atoms with E-state index in [1.165, 1.54) is 16.7 Å².